The number of hydrogen-bond donors (Lipinski definition) is 1. The van der Waals surface area contributed by atoms with E-state index < -0.39 is 0 Å². The van der Waals surface area contributed by atoms with Gasteiger partial charge in [-0.3, -0.25) is 9.59 Å². The lowest BCUT2D eigenvalue weighted by molar-refractivity contribution is -0.121. The molecule has 0 radical (unpaired) electrons. The molecule has 0 bridgehead atoms. The highest BCUT2D eigenvalue weighted by Gasteiger charge is 2.15. The largest absolute Gasteiger partial charge is 0.350 e. The predicted octanol–water partition coefficient (Wildman–Crippen LogP) is 3.74. The topological polar surface area (TPSA) is 68.9 Å². The van der Waals surface area contributed by atoms with Crippen LogP contribution in [-0.2, 0) is 17.9 Å². The SMILES string of the molecule is Cc1ccc(-n2nc(C)c3c(=O)n(CC(=O)NCc4ccc(C)c(C)c4)ccc32)cc1. The van der Waals surface area contributed by atoms with Crippen LogP contribution in [0.15, 0.2) is 59.5 Å². The molecule has 0 aliphatic rings. The minimum Gasteiger partial charge on any atom is -0.350 e. The maximum atomic E-state index is 13.1. The zero-order valence-corrected chi connectivity index (χ0v) is 18.3. The fourth-order valence-electron chi connectivity index (χ4n) is 3.67. The zero-order chi connectivity index (χ0) is 22.1. The molecule has 0 saturated carbocycles. The quantitative estimate of drug-likeness (QED) is 0.541. The van der Waals surface area contributed by atoms with Crippen molar-refractivity contribution in [2.45, 2.75) is 40.8 Å². The minimum absolute atomic E-state index is 0.0330. The first-order valence-corrected chi connectivity index (χ1v) is 10.3. The molecule has 4 aromatic rings. The van der Waals surface area contributed by atoms with Gasteiger partial charge in [-0.1, -0.05) is 35.9 Å². The molecule has 0 aliphatic carbocycles. The number of nitrogens with one attached hydrogen (secondary N) is 1. The third kappa shape index (κ3) is 4.14. The van der Waals surface area contributed by atoms with Crippen molar-refractivity contribution in [3.63, 3.8) is 0 Å². The fourth-order valence-corrected chi connectivity index (χ4v) is 3.67. The summed E-state index contributed by atoms with van der Waals surface area (Å²) < 4.78 is 3.21. The summed E-state index contributed by atoms with van der Waals surface area (Å²) in [7, 11) is 0. The normalized spacial score (nSPS) is 11.1. The Hall–Kier alpha value is -3.67. The van der Waals surface area contributed by atoms with Crippen LogP contribution < -0.4 is 10.9 Å². The van der Waals surface area contributed by atoms with Crippen molar-refractivity contribution < 1.29 is 4.79 Å². The highest BCUT2D eigenvalue weighted by atomic mass is 16.2. The molecule has 0 saturated heterocycles. The zero-order valence-electron chi connectivity index (χ0n) is 18.3. The van der Waals surface area contributed by atoms with Crippen LogP contribution in [0.5, 0.6) is 0 Å². The Morgan fingerprint density at radius 3 is 2.42 bits per heavy atom. The highest BCUT2D eigenvalue weighted by Crippen LogP contribution is 2.19. The van der Waals surface area contributed by atoms with Gasteiger partial charge in [-0.25, -0.2) is 4.68 Å². The predicted molar refractivity (Wildman–Crippen MR) is 123 cm³/mol. The summed E-state index contributed by atoms with van der Waals surface area (Å²) in [6.45, 7) is 8.35. The molecule has 2 aromatic carbocycles. The second-order valence-corrected chi connectivity index (χ2v) is 8.04. The van der Waals surface area contributed by atoms with Gasteiger partial charge in [0.2, 0.25) is 5.91 Å². The summed E-state index contributed by atoms with van der Waals surface area (Å²) in [6, 6.07) is 15.9. The second-order valence-electron chi connectivity index (χ2n) is 8.04. The van der Waals surface area contributed by atoms with Crippen LogP contribution in [0, 0.1) is 27.7 Å². The lowest BCUT2D eigenvalue weighted by Gasteiger charge is -2.10. The molecule has 0 fully saturated rings. The minimum atomic E-state index is -0.213. The molecule has 4 rings (SSSR count). The Bertz CT molecular complexity index is 1330. The van der Waals surface area contributed by atoms with Gasteiger partial charge in [0.1, 0.15) is 6.54 Å². The summed E-state index contributed by atoms with van der Waals surface area (Å²) in [5, 5.41) is 8.00. The average molecular weight is 415 g/mol. The van der Waals surface area contributed by atoms with E-state index in [1.165, 1.54) is 15.7 Å². The number of carbonyl (C=O) groups is 1. The van der Waals surface area contributed by atoms with Crippen molar-refractivity contribution in [3.05, 3.63) is 93.0 Å². The number of pyridine rings is 1. The number of carbonyl (C=O) groups excluding carboxylic acids is 1. The Morgan fingerprint density at radius 2 is 1.71 bits per heavy atom. The number of rotatable bonds is 5. The monoisotopic (exact) mass is 414 g/mol. The van der Waals surface area contributed by atoms with Gasteiger partial charge in [0.05, 0.1) is 22.3 Å². The van der Waals surface area contributed by atoms with Crippen molar-refractivity contribution in [1.29, 1.82) is 0 Å². The second kappa shape index (κ2) is 8.22. The molecule has 0 aliphatic heterocycles. The number of fused-ring (bicyclic) bond motifs is 1. The molecule has 1 amide bonds. The van der Waals surface area contributed by atoms with Crippen molar-refractivity contribution in [1.82, 2.24) is 19.7 Å². The van der Waals surface area contributed by atoms with Crippen molar-refractivity contribution >= 4 is 16.8 Å². The lowest BCUT2D eigenvalue weighted by Crippen LogP contribution is -2.31. The van der Waals surface area contributed by atoms with Crippen LogP contribution in [0.4, 0.5) is 0 Å². The maximum Gasteiger partial charge on any atom is 0.262 e. The van der Waals surface area contributed by atoms with E-state index in [1.807, 2.05) is 56.3 Å². The van der Waals surface area contributed by atoms with Gasteiger partial charge in [-0.15, -0.1) is 0 Å². The molecule has 6 nitrogen and oxygen atoms in total. The van der Waals surface area contributed by atoms with E-state index in [1.54, 1.807) is 10.9 Å². The smallest absolute Gasteiger partial charge is 0.262 e. The Labute approximate surface area is 181 Å². The molecule has 2 aromatic heterocycles. The van der Waals surface area contributed by atoms with E-state index in [2.05, 4.69) is 30.3 Å². The van der Waals surface area contributed by atoms with Crippen LogP contribution in [-0.4, -0.2) is 20.3 Å². The fraction of sp³-hybridized carbons (Fsp3) is 0.240. The number of amides is 1. The molecule has 0 unspecified atom stereocenters. The van der Waals surface area contributed by atoms with E-state index in [9.17, 15) is 9.59 Å². The van der Waals surface area contributed by atoms with E-state index in [4.69, 9.17) is 0 Å². The number of benzene rings is 2. The van der Waals surface area contributed by atoms with Crippen LogP contribution >= 0.6 is 0 Å². The summed E-state index contributed by atoms with van der Waals surface area (Å²) >= 11 is 0. The molecular weight excluding hydrogens is 388 g/mol. The van der Waals surface area contributed by atoms with Gasteiger partial charge in [-0.2, -0.15) is 5.10 Å². The highest BCUT2D eigenvalue weighted by molar-refractivity contribution is 5.83. The summed E-state index contributed by atoms with van der Waals surface area (Å²) in [4.78, 5) is 25.5. The van der Waals surface area contributed by atoms with Gasteiger partial charge >= 0.3 is 0 Å². The van der Waals surface area contributed by atoms with Gasteiger partial charge in [0.25, 0.3) is 5.56 Å². The summed E-state index contributed by atoms with van der Waals surface area (Å²) in [5.74, 6) is -0.205. The summed E-state index contributed by atoms with van der Waals surface area (Å²) in [6.07, 6.45) is 1.66. The van der Waals surface area contributed by atoms with Gasteiger partial charge in [0, 0.05) is 12.7 Å². The van der Waals surface area contributed by atoms with E-state index >= 15 is 0 Å². The average Bonchev–Trinajstić information content (AvgIpc) is 3.08. The molecule has 31 heavy (non-hydrogen) atoms. The van der Waals surface area contributed by atoms with Crippen LogP contribution in [0.2, 0.25) is 0 Å². The Kier molecular flexibility index (Phi) is 5.46. The standard InChI is InChI=1S/C25H26N4O2/c1-16-5-9-21(10-6-16)29-22-11-12-28(25(31)24(22)19(4)27-29)15-23(30)26-14-20-8-7-17(2)18(3)13-20/h5-13H,14-15H2,1-4H3,(H,26,30). The first kappa shape index (κ1) is 20.6. The Balaban J connectivity index is 1.56. The van der Waals surface area contributed by atoms with Crippen LogP contribution in [0.3, 0.4) is 0 Å². The van der Waals surface area contributed by atoms with E-state index in [0.717, 1.165) is 22.3 Å². The first-order chi connectivity index (χ1) is 14.8. The number of nitrogens with zero attached hydrogens (tertiary/aromatic N) is 3. The van der Waals surface area contributed by atoms with Crippen molar-refractivity contribution in [2.75, 3.05) is 0 Å². The third-order valence-electron chi connectivity index (χ3n) is 5.64. The molecule has 0 atom stereocenters. The number of hydrogen-bond acceptors (Lipinski definition) is 3. The number of aromatic nitrogens is 3. The van der Waals surface area contributed by atoms with E-state index in [0.29, 0.717) is 17.6 Å². The van der Waals surface area contributed by atoms with Gasteiger partial charge in [0.15, 0.2) is 0 Å². The van der Waals surface area contributed by atoms with Crippen molar-refractivity contribution in [2.24, 2.45) is 0 Å². The van der Waals surface area contributed by atoms with Crippen molar-refractivity contribution in [3.8, 4) is 5.69 Å². The van der Waals surface area contributed by atoms with Gasteiger partial charge in [-0.05, 0) is 62.6 Å². The van der Waals surface area contributed by atoms with Gasteiger partial charge < -0.3 is 9.88 Å². The Morgan fingerprint density at radius 1 is 0.968 bits per heavy atom. The molecule has 0 spiro atoms. The molecule has 1 N–H and O–H groups in total. The maximum absolute atomic E-state index is 13.1. The van der Waals surface area contributed by atoms with Crippen LogP contribution in [0.25, 0.3) is 16.6 Å². The molecule has 158 valence electrons. The molecule has 6 heteroatoms. The molecule has 2 heterocycles. The lowest BCUT2D eigenvalue weighted by atomic mass is 10.1. The van der Waals surface area contributed by atoms with E-state index in [-0.39, 0.29) is 18.0 Å². The third-order valence-corrected chi connectivity index (χ3v) is 5.64. The summed E-state index contributed by atoms with van der Waals surface area (Å²) in [5.41, 5.74) is 6.66. The number of aryl methyl sites for hydroxylation is 4. The molecular formula is C25H26N4O2. The van der Waals surface area contributed by atoms with Crippen LogP contribution in [0.1, 0.15) is 27.9 Å². The first-order valence-electron chi connectivity index (χ1n) is 10.3.